The van der Waals surface area contributed by atoms with Crippen LogP contribution >= 0.6 is 0 Å². The van der Waals surface area contributed by atoms with E-state index in [1.807, 2.05) is 0 Å². The SMILES string of the molecule is C=CCC1(CC=C)C(=O)NC(=NC(=O)Nc2ccc(C=C)cc2)NC1=O. The lowest BCUT2D eigenvalue weighted by Crippen LogP contribution is -2.63. The minimum atomic E-state index is -1.33. The van der Waals surface area contributed by atoms with Crippen LogP contribution in [0.1, 0.15) is 18.4 Å². The third-order valence-electron chi connectivity index (χ3n) is 3.93. The largest absolute Gasteiger partial charge is 0.348 e. The molecule has 1 aliphatic rings. The zero-order valence-electron chi connectivity index (χ0n) is 14.2. The highest BCUT2D eigenvalue weighted by Crippen LogP contribution is 2.30. The number of nitrogens with zero attached hydrogens (tertiary/aromatic N) is 1. The second-order valence-corrected chi connectivity index (χ2v) is 5.69. The average Bonchev–Trinajstić information content (AvgIpc) is 2.60. The second-order valence-electron chi connectivity index (χ2n) is 5.69. The molecule has 1 aliphatic heterocycles. The summed E-state index contributed by atoms with van der Waals surface area (Å²) in [5.41, 5.74) is 0.0902. The summed E-state index contributed by atoms with van der Waals surface area (Å²) >= 11 is 0. The van der Waals surface area contributed by atoms with Crippen molar-refractivity contribution >= 4 is 35.6 Å². The molecule has 1 saturated heterocycles. The lowest BCUT2D eigenvalue weighted by atomic mass is 9.78. The van der Waals surface area contributed by atoms with Gasteiger partial charge in [0.15, 0.2) is 0 Å². The molecule has 0 aliphatic carbocycles. The van der Waals surface area contributed by atoms with Crippen molar-refractivity contribution in [2.24, 2.45) is 10.4 Å². The third kappa shape index (κ3) is 3.94. The number of amides is 4. The number of aliphatic imine (C=N–C) groups is 1. The van der Waals surface area contributed by atoms with Crippen LogP contribution in [-0.2, 0) is 9.59 Å². The van der Waals surface area contributed by atoms with Gasteiger partial charge in [0.25, 0.3) is 0 Å². The predicted molar refractivity (Wildman–Crippen MR) is 101 cm³/mol. The van der Waals surface area contributed by atoms with Gasteiger partial charge in [-0.15, -0.1) is 13.2 Å². The number of benzene rings is 1. The van der Waals surface area contributed by atoms with Crippen LogP contribution in [0.2, 0.25) is 0 Å². The van der Waals surface area contributed by atoms with E-state index in [1.54, 1.807) is 30.3 Å². The molecule has 0 unspecified atom stereocenters. The number of hydrogen-bond donors (Lipinski definition) is 3. The van der Waals surface area contributed by atoms with Gasteiger partial charge in [0.05, 0.1) is 0 Å². The number of anilines is 1. The summed E-state index contributed by atoms with van der Waals surface area (Å²) in [6.45, 7) is 10.8. The molecule has 0 spiro atoms. The van der Waals surface area contributed by atoms with Crippen LogP contribution in [0.3, 0.4) is 0 Å². The van der Waals surface area contributed by atoms with E-state index >= 15 is 0 Å². The van der Waals surface area contributed by atoms with Gasteiger partial charge in [-0.25, -0.2) is 4.79 Å². The average molecular weight is 352 g/mol. The summed E-state index contributed by atoms with van der Waals surface area (Å²) in [6.07, 6.45) is 4.95. The van der Waals surface area contributed by atoms with E-state index in [-0.39, 0.29) is 18.8 Å². The highest BCUT2D eigenvalue weighted by molar-refractivity contribution is 6.22. The van der Waals surface area contributed by atoms with Gasteiger partial charge in [-0.1, -0.05) is 36.9 Å². The lowest BCUT2D eigenvalue weighted by Gasteiger charge is -2.33. The van der Waals surface area contributed by atoms with E-state index in [0.717, 1.165) is 5.56 Å². The van der Waals surface area contributed by atoms with E-state index in [0.29, 0.717) is 5.69 Å². The highest BCUT2D eigenvalue weighted by Gasteiger charge is 2.47. The van der Waals surface area contributed by atoms with E-state index in [1.165, 1.54) is 12.2 Å². The Labute approximate surface area is 151 Å². The molecule has 0 atom stereocenters. The van der Waals surface area contributed by atoms with Crippen molar-refractivity contribution in [1.29, 1.82) is 0 Å². The number of rotatable bonds is 6. The molecule has 7 heteroatoms. The molecule has 4 amide bonds. The van der Waals surface area contributed by atoms with Crippen LogP contribution in [0.5, 0.6) is 0 Å². The molecule has 0 saturated carbocycles. The molecule has 1 aromatic carbocycles. The Hall–Kier alpha value is -3.48. The molecule has 0 aromatic heterocycles. The zero-order valence-corrected chi connectivity index (χ0v) is 14.2. The first-order valence-corrected chi connectivity index (χ1v) is 7.92. The van der Waals surface area contributed by atoms with Crippen LogP contribution in [0, 0.1) is 5.41 Å². The number of carbonyl (C=O) groups excluding carboxylic acids is 3. The van der Waals surface area contributed by atoms with E-state index in [4.69, 9.17) is 0 Å². The molecular weight excluding hydrogens is 332 g/mol. The summed E-state index contributed by atoms with van der Waals surface area (Å²) in [5, 5.41) is 7.45. The van der Waals surface area contributed by atoms with E-state index < -0.39 is 23.3 Å². The third-order valence-corrected chi connectivity index (χ3v) is 3.93. The molecular formula is C19H20N4O3. The fraction of sp³-hybridized carbons (Fsp3) is 0.158. The molecule has 1 fully saturated rings. The molecule has 0 radical (unpaired) electrons. The highest BCUT2D eigenvalue weighted by atomic mass is 16.2. The standard InChI is InChI=1S/C19H20N4O3/c1-4-11-19(12-5-2)15(24)21-17(22-16(19)25)23-18(26)20-14-9-7-13(6-3)8-10-14/h4-10H,1-3,11-12H2,(H3,20,21,22,23,24,25,26). The molecule has 0 bridgehead atoms. The quantitative estimate of drug-likeness (QED) is 0.542. The maximum Gasteiger partial charge on any atom is 0.348 e. The Morgan fingerprint density at radius 1 is 1.04 bits per heavy atom. The first kappa shape index (κ1) is 18.9. The number of carbonyl (C=O) groups is 3. The first-order valence-electron chi connectivity index (χ1n) is 7.92. The van der Waals surface area contributed by atoms with Crippen LogP contribution in [-0.4, -0.2) is 23.8 Å². The normalized spacial score (nSPS) is 15.3. The molecule has 3 N–H and O–H groups in total. The molecule has 2 rings (SSSR count). The van der Waals surface area contributed by atoms with Crippen LogP contribution < -0.4 is 16.0 Å². The number of nitrogens with one attached hydrogen (secondary N) is 3. The molecule has 1 heterocycles. The Balaban J connectivity index is 2.12. The van der Waals surface area contributed by atoms with Gasteiger partial charge in [-0.2, -0.15) is 4.99 Å². The Morgan fingerprint density at radius 3 is 2.04 bits per heavy atom. The minimum Gasteiger partial charge on any atom is -0.306 e. The smallest absolute Gasteiger partial charge is 0.306 e. The Bertz CT molecular complexity index is 762. The summed E-state index contributed by atoms with van der Waals surface area (Å²) in [5.74, 6) is -1.32. The van der Waals surface area contributed by atoms with Crippen molar-refractivity contribution in [3.05, 3.63) is 61.7 Å². The lowest BCUT2D eigenvalue weighted by molar-refractivity contribution is -0.143. The number of hydrogen-bond acceptors (Lipinski definition) is 3. The van der Waals surface area contributed by atoms with Gasteiger partial charge in [-0.05, 0) is 30.5 Å². The van der Waals surface area contributed by atoms with Gasteiger partial charge in [0.2, 0.25) is 17.8 Å². The van der Waals surface area contributed by atoms with Crippen LogP contribution in [0.15, 0.2) is 61.1 Å². The first-order chi connectivity index (χ1) is 12.4. The topological polar surface area (TPSA) is 99.7 Å². The minimum absolute atomic E-state index is 0.145. The fourth-order valence-corrected chi connectivity index (χ4v) is 2.55. The fourth-order valence-electron chi connectivity index (χ4n) is 2.55. The molecule has 7 nitrogen and oxygen atoms in total. The van der Waals surface area contributed by atoms with Crippen molar-refractivity contribution in [3.63, 3.8) is 0 Å². The van der Waals surface area contributed by atoms with Crippen molar-refractivity contribution in [2.75, 3.05) is 5.32 Å². The summed E-state index contributed by atoms with van der Waals surface area (Å²) in [7, 11) is 0. The van der Waals surface area contributed by atoms with E-state index in [2.05, 4.69) is 40.7 Å². The van der Waals surface area contributed by atoms with Gasteiger partial charge < -0.3 is 5.32 Å². The van der Waals surface area contributed by atoms with Crippen molar-refractivity contribution in [1.82, 2.24) is 10.6 Å². The van der Waals surface area contributed by atoms with Gasteiger partial charge >= 0.3 is 6.03 Å². The molecule has 134 valence electrons. The summed E-state index contributed by atoms with van der Waals surface area (Å²) < 4.78 is 0. The summed E-state index contributed by atoms with van der Waals surface area (Å²) in [4.78, 5) is 40.6. The van der Waals surface area contributed by atoms with E-state index in [9.17, 15) is 14.4 Å². The Morgan fingerprint density at radius 2 is 1.58 bits per heavy atom. The van der Waals surface area contributed by atoms with Crippen molar-refractivity contribution in [2.45, 2.75) is 12.8 Å². The molecule has 1 aromatic rings. The second kappa shape index (κ2) is 8.06. The predicted octanol–water partition coefficient (Wildman–Crippen LogP) is 2.60. The zero-order chi connectivity index (χ0) is 19.2. The van der Waals surface area contributed by atoms with Gasteiger partial charge in [0.1, 0.15) is 5.41 Å². The summed E-state index contributed by atoms with van der Waals surface area (Å²) in [6, 6.07) is 6.20. The Kier molecular flexibility index (Phi) is 5.85. The monoisotopic (exact) mass is 352 g/mol. The maximum absolute atomic E-state index is 12.4. The number of allylic oxidation sites excluding steroid dienone is 2. The maximum atomic E-state index is 12.4. The number of urea groups is 1. The van der Waals surface area contributed by atoms with Crippen molar-refractivity contribution in [3.8, 4) is 0 Å². The van der Waals surface area contributed by atoms with Crippen molar-refractivity contribution < 1.29 is 14.4 Å². The van der Waals surface area contributed by atoms with Gasteiger partial charge in [0, 0.05) is 5.69 Å². The molecule has 26 heavy (non-hydrogen) atoms. The number of guanidine groups is 1. The van der Waals surface area contributed by atoms with Crippen LogP contribution in [0.4, 0.5) is 10.5 Å². The van der Waals surface area contributed by atoms with Gasteiger partial charge in [-0.3, -0.25) is 20.2 Å². The van der Waals surface area contributed by atoms with Crippen LogP contribution in [0.25, 0.3) is 6.08 Å².